The molecular formula is C15H19NO6. The largest absolute Gasteiger partial charge is 0.481 e. The first-order valence-electron chi connectivity index (χ1n) is 6.88. The maximum atomic E-state index is 11.8. The number of carboxylic acids is 2. The number of hydroxylamine groups is 2. The van der Waals surface area contributed by atoms with Crippen molar-refractivity contribution >= 4 is 17.8 Å². The number of carboxylic acid groups (broad SMARTS) is 2. The fourth-order valence-corrected chi connectivity index (χ4v) is 1.93. The van der Waals surface area contributed by atoms with Crippen molar-refractivity contribution in [3.63, 3.8) is 0 Å². The van der Waals surface area contributed by atoms with E-state index >= 15 is 0 Å². The third kappa shape index (κ3) is 6.36. The van der Waals surface area contributed by atoms with Gasteiger partial charge in [0.15, 0.2) is 0 Å². The predicted octanol–water partition coefficient (Wildman–Crippen LogP) is 1.40. The molecule has 1 aromatic carbocycles. The van der Waals surface area contributed by atoms with E-state index in [-0.39, 0.29) is 19.4 Å². The van der Waals surface area contributed by atoms with Gasteiger partial charge in [-0.25, -0.2) is 5.06 Å². The number of nitrogens with zero attached hydrogens (tertiary/aromatic N) is 1. The van der Waals surface area contributed by atoms with Gasteiger partial charge in [0.2, 0.25) is 5.91 Å². The van der Waals surface area contributed by atoms with Crippen LogP contribution in [0.2, 0.25) is 0 Å². The monoisotopic (exact) mass is 309 g/mol. The minimum absolute atomic E-state index is 0.0497. The average Bonchev–Trinajstić information content (AvgIpc) is 2.49. The standard InChI is InChI=1S/C15H19NO6/c17-13(10-12(15(20)21)6-7-14(18)19)16(22)9-8-11-4-2-1-3-5-11/h1-5,12,22H,6-10H2,(H,18,19)(H,20,21). The van der Waals surface area contributed by atoms with Crippen molar-refractivity contribution in [2.45, 2.75) is 25.7 Å². The van der Waals surface area contributed by atoms with Crippen molar-refractivity contribution in [3.8, 4) is 0 Å². The van der Waals surface area contributed by atoms with Gasteiger partial charge in [0, 0.05) is 12.8 Å². The van der Waals surface area contributed by atoms with Crippen LogP contribution in [0.25, 0.3) is 0 Å². The zero-order valence-electron chi connectivity index (χ0n) is 12.0. The van der Waals surface area contributed by atoms with Gasteiger partial charge in [-0.05, 0) is 18.4 Å². The zero-order valence-corrected chi connectivity index (χ0v) is 12.0. The molecule has 0 saturated carbocycles. The number of hydrogen-bond donors (Lipinski definition) is 3. The highest BCUT2D eigenvalue weighted by Crippen LogP contribution is 2.13. The second kappa shape index (κ2) is 8.78. The summed E-state index contributed by atoms with van der Waals surface area (Å²) < 4.78 is 0. The van der Waals surface area contributed by atoms with Gasteiger partial charge < -0.3 is 10.2 Å². The molecule has 0 radical (unpaired) electrons. The first-order valence-corrected chi connectivity index (χ1v) is 6.88. The van der Waals surface area contributed by atoms with Gasteiger partial charge in [0.25, 0.3) is 0 Å². The second-order valence-electron chi connectivity index (χ2n) is 4.92. The molecule has 7 heteroatoms. The Kier molecular flexibility index (Phi) is 7.04. The van der Waals surface area contributed by atoms with Crippen molar-refractivity contribution in [1.82, 2.24) is 5.06 Å². The summed E-state index contributed by atoms with van der Waals surface area (Å²) in [4.78, 5) is 33.3. The Morgan fingerprint density at radius 1 is 1.09 bits per heavy atom. The van der Waals surface area contributed by atoms with Gasteiger partial charge in [-0.2, -0.15) is 0 Å². The van der Waals surface area contributed by atoms with E-state index in [1.165, 1.54) is 0 Å². The summed E-state index contributed by atoms with van der Waals surface area (Å²) in [5.41, 5.74) is 0.940. The molecule has 3 N–H and O–H groups in total. The van der Waals surface area contributed by atoms with Crippen LogP contribution in [0.4, 0.5) is 0 Å². The summed E-state index contributed by atoms with van der Waals surface area (Å²) in [5.74, 6) is -4.21. The predicted molar refractivity (Wildman–Crippen MR) is 76.3 cm³/mol. The van der Waals surface area contributed by atoms with Crippen molar-refractivity contribution in [3.05, 3.63) is 35.9 Å². The fourth-order valence-electron chi connectivity index (χ4n) is 1.93. The van der Waals surface area contributed by atoms with E-state index in [4.69, 9.17) is 10.2 Å². The molecule has 0 aromatic heterocycles. The topological polar surface area (TPSA) is 115 Å². The number of carbonyl (C=O) groups excluding carboxylic acids is 1. The minimum Gasteiger partial charge on any atom is -0.481 e. The lowest BCUT2D eigenvalue weighted by molar-refractivity contribution is -0.168. The Balaban J connectivity index is 2.46. The summed E-state index contributed by atoms with van der Waals surface area (Å²) in [5, 5.41) is 27.7. The van der Waals surface area contributed by atoms with Crippen LogP contribution < -0.4 is 0 Å². The normalized spacial score (nSPS) is 11.7. The highest BCUT2D eigenvalue weighted by Gasteiger charge is 2.24. The van der Waals surface area contributed by atoms with E-state index in [2.05, 4.69) is 0 Å². The van der Waals surface area contributed by atoms with Gasteiger partial charge in [0.1, 0.15) is 0 Å². The highest BCUT2D eigenvalue weighted by molar-refractivity contribution is 5.82. The molecule has 0 bridgehead atoms. The molecule has 0 aliphatic carbocycles. The zero-order chi connectivity index (χ0) is 16.5. The van der Waals surface area contributed by atoms with Crippen LogP contribution in [0.1, 0.15) is 24.8 Å². The molecule has 0 aliphatic rings. The Hall–Kier alpha value is -2.41. The van der Waals surface area contributed by atoms with Crippen molar-refractivity contribution in [1.29, 1.82) is 0 Å². The smallest absolute Gasteiger partial charge is 0.307 e. The van der Waals surface area contributed by atoms with Crippen LogP contribution in [0.15, 0.2) is 30.3 Å². The summed E-state index contributed by atoms with van der Waals surface area (Å²) in [6.07, 6.45) is -0.466. The van der Waals surface area contributed by atoms with E-state index in [9.17, 15) is 19.6 Å². The maximum absolute atomic E-state index is 11.8. The highest BCUT2D eigenvalue weighted by atomic mass is 16.5. The van der Waals surface area contributed by atoms with Crippen LogP contribution in [0.5, 0.6) is 0 Å². The van der Waals surface area contributed by atoms with Crippen LogP contribution in [0, 0.1) is 5.92 Å². The number of rotatable bonds is 9. The summed E-state index contributed by atoms with van der Waals surface area (Å²) >= 11 is 0. The van der Waals surface area contributed by atoms with Gasteiger partial charge in [-0.15, -0.1) is 0 Å². The van der Waals surface area contributed by atoms with E-state index in [1.807, 2.05) is 30.3 Å². The number of amides is 1. The van der Waals surface area contributed by atoms with Crippen molar-refractivity contribution in [2.24, 2.45) is 5.92 Å². The Morgan fingerprint density at radius 2 is 1.73 bits per heavy atom. The molecule has 1 unspecified atom stereocenters. The summed E-state index contributed by atoms with van der Waals surface area (Å²) in [6.45, 7) is 0.0497. The van der Waals surface area contributed by atoms with Crippen LogP contribution in [0.3, 0.4) is 0 Å². The Bertz CT molecular complexity index is 516. The molecule has 1 aromatic rings. The quantitative estimate of drug-likeness (QED) is 0.469. The molecule has 7 nitrogen and oxygen atoms in total. The molecule has 0 fully saturated rings. The second-order valence-corrected chi connectivity index (χ2v) is 4.92. The molecule has 0 spiro atoms. The third-order valence-electron chi connectivity index (χ3n) is 3.22. The van der Waals surface area contributed by atoms with Gasteiger partial charge >= 0.3 is 11.9 Å². The molecular weight excluding hydrogens is 290 g/mol. The van der Waals surface area contributed by atoms with E-state index in [0.717, 1.165) is 5.56 Å². The van der Waals surface area contributed by atoms with Gasteiger partial charge in [-0.3, -0.25) is 19.6 Å². The van der Waals surface area contributed by atoms with Crippen LogP contribution >= 0.6 is 0 Å². The van der Waals surface area contributed by atoms with Gasteiger partial charge in [0.05, 0.1) is 12.5 Å². The Morgan fingerprint density at radius 3 is 2.27 bits per heavy atom. The molecule has 1 atom stereocenters. The molecule has 1 rings (SSSR count). The number of aliphatic carboxylic acids is 2. The fraction of sp³-hybridized carbons (Fsp3) is 0.400. The summed E-state index contributed by atoms with van der Waals surface area (Å²) in [6, 6.07) is 9.23. The average molecular weight is 309 g/mol. The van der Waals surface area contributed by atoms with Crippen molar-refractivity contribution in [2.75, 3.05) is 6.54 Å². The molecule has 0 aliphatic heterocycles. The first kappa shape index (κ1) is 17.6. The molecule has 0 heterocycles. The Labute approximate surface area is 127 Å². The number of hydrogen-bond acceptors (Lipinski definition) is 4. The van der Waals surface area contributed by atoms with E-state index in [1.54, 1.807) is 0 Å². The minimum atomic E-state index is -1.24. The van der Waals surface area contributed by atoms with E-state index < -0.39 is 30.2 Å². The lowest BCUT2D eigenvalue weighted by atomic mass is 9.99. The maximum Gasteiger partial charge on any atom is 0.307 e. The molecule has 120 valence electrons. The van der Waals surface area contributed by atoms with Crippen LogP contribution in [-0.2, 0) is 20.8 Å². The number of carbonyl (C=O) groups is 3. The summed E-state index contributed by atoms with van der Waals surface area (Å²) in [7, 11) is 0. The SMILES string of the molecule is O=C(O)CCC(CC(=O)N(O)CCc1ccccc1)C(=O)O. The molecule has 0 saturated heterocycles. The lowest BCUT2D eigenvalue weighted by Gasteiger charge is -2.17. The lowest BCUT2D eigenvalue weighted by Crippen LogP contribution is -2.32. The third-order valence-corrected chi connectivity index (χ3v) is 3.22. The number of benzene rings is 1. The van der Waals surface area contributed by atoms with Crippen LogP contribution in [-0.4, -0.2) is 44.9 Å². The first-order chi connectivity index (χ1) is 10.4. The van der Waals surface area contributed by atoms with E-state index in [0.29, 0.717) is 11.5 Å². The van der Waals surface area contributed by atoms with Crippen molar-refractivity contribution < 1.29 is 29.8 Å². The molecule has 1 amide bonds. The molecule has 22 heavy (non-hydrogen) atoms. The van der Waals surface area contributed by atoms with Gasteiger partial charge in [-0.1, -0.05) is 30.3 Å².